The number of hydrogen-bond acceptors (Lipinski definition) is 0. The van der Waals surface area contributed by atoms with Crippen LogP contribution in [0, 0.1) is 0 Å². The van der Waals surface area contributed by atoms with Gasteiger partial charge in [0.05, 0.1) is 56.6 Å². The molecular formula is C38H28BF24N. The van der Waals surface area contributed by atoms with E-state index in [1.54, 1.807) is 0 Å². The average Bonchev–Trinajstić information content (AvgIpc) is 3.08. The summed E-state index contributed by atoms with van der Waals surface area (Å²) in [5, 5.41) is 2.33. The van der Waals surface area contributed by atoms with Crippen LogP contribution in [0.3, 0.4) is 0 Å². The van der Waals surface area contributed by atoms with E-state index < -0.39 is 195 Å². The van der Waals surface area contributed by atoms with Crippen molar-refractivity contribution in [1.82, 2.24) is 0 Å². The Hall–Kier alpha value is -4.78. The average molecular weight is 965 g/mol. The van der Waals surface area contributed by atoms with Crippen molar-refractivity contribution in [1.29, 1.82) is 0 Å². The van der Waals surface area contributed by atoms with Gasteiger partial charge in [-0.25, -0.2) is 0 Å². The van der Waals surface area contributed by atoms with Crippen molar-refractivity contribution < 1.29 is 111 Å². The number of hydrogen-bond donors (Lipinski definition) is 1. The molecule has 0 fully saturated rings. The predicted molar refractivity (Wildman–Crippen MR) is 182 cm³/mol. The van der Waals surface area contributed by atoms with E-state index in [1.807, 2.05) is 0 Å². The van der Waals surface area contributed by atoms with Crippen LogP contribution in [0.2, 0.25) is 0 Å². The summed E-state index contributed by atoms with van der Waals surface area (Å²) >= 11 is 0. The van der Waals surface area contributed by atoms with Gasteiger partial charge < -0.3 is 5.32 Å². The van der Waals surface area contributed by atoms with Gasteiger partial charge in [-0.15, -0.1) is 0 Å². The fourth-order valence-electron chi connectivity index (χ4n) is 6.84. The van der Waals surface area contributed by atoms with Crippen LogP contribution in [-0.2, 0) is 49.4 Å². The van der Waals surface area contributed by atoms with E-state index in [1.165, 1.54) is 0 Å². The van der Waals surface area contributed by atoms with E-state index in [9.17, 15) is 105 Å². The van der Waals surface area contributed by atoms with E-state index in [0.29, 0.717) is 0 Å². The fraction of sp³-hybridized carbons (Fsp3) is 0.368. The molecule has 0 aliphatic rings. The molecule has 2 N–H and O–H groups in total. The summed E-state index contributed by atoms with van der Waals surface area (Å²) in [6, 6.07) is -7.31. The van der Waals surface area contributed by atoms with Crippen molar-refractivity contribution in [3.05, 3.63) is 117 Å². The molecule has 356 valence electrons. The zero-order valence-corrected chi connectivity index (χ0v) is 32.3. The summed E-state index contributed by atoms with van der Waals surface area (Å²) in [6.45, 7) is 8.83. The summed E-state index contributed by atoms with van der Waals surface area (Å²) in [4.78, 5) is 0. The molecule has 0 atom stereocenters. The molecule has 4 rings (SSSR count). The lowest BCUT2D eigenvalue weighted by Crippen LogP contribution is -2.92. The Labute approximate surface area is 345 Å². The topological polar surface area (TPSA) is 16.6 Å². The minimum atomic E-state index is -6.13. The third-order valence-corrected chi connectivity index (χ3v) is 9.21. The van der Waals surface area contributed by atoms with E-state index >= 15 is 0 Å². The number of alkyl halides is 24. The number of nitrogens with two attached hydrogens (primary N) is 1. The Kier molecular flexibility index (Phi) is 14.7. The van der Waals surface area contributed by atoms with Gasteiger partial charge in [0.15, 0.2) is 0 Å². The first kappa shape index (κ1) is 53.6. The highest BCUT2D eigenvalue weighted by atomic mass is 19.4. The van der Waals surface area contributed by atoms with Crippen LogP contribution in [0.15, 0.2) is 72.8 Å². The van der Waals surface area contributed by atoms with E-state index in [2.05, 4.69) is 33.0 Å². The monoisotopic (exact) mass is 965 g/mol. The molecule has 0 aliphatic carbocycles. The lowest BCUT2D eigenvalue weighted by molar-refractivity contribution is -0.709. The van der Waals surface area contributed by atoms with Crippen LogP contribution >= 0.6 is 0 Å². The number of quaternary nitrogens is 1. The first-order valence-corrected chi connectivity index (χ1v) is 17.6. The predicted octanol–water partition coefficient (Wildman–Crippen LogP) is 11.6. The van der Waals surface area contributed by atoms with Gasteiger partial charge in [-0.1, -0.05) is 48.5 Å². The van der Waals surface area contributed by atoms with Crippen LogP contribution in [-0.4, -0.2) is 18.2 Å². The molecule has 26 heteroatoms. The third-order valence-electron chi connectivity index (χ3n) is 9.21. The smallest absolute Gasteiger partial charge is 0.342 e. The second-order valence-electron chi connectivity index (χ2n) is 14.9. The van der Waals surface area contributed by atoms with E-state index in [4.69, 9.17) is 0 Å². The summed E-state index contributed by atoms with van der Waals surface area (Å²) in [5.74, 6) is 0. The number of halogens is 24. The van der Waals surface area contributed by atoms with E-state index in [0.717, 1.165) is 12.1 Å². The van der Waals surface area contributed by atoms with Crippen molar-refractivity contribution in [2.45, 2.75) is 89.2 Å². The number of benzene rings is 4. The van der Waals surface area contributed by atoms with Gasteiger partial charge in [-0.3, -0.25) is 0 Å². The maximum atomic E-state index is 14.2. The molecule has 0 bridgehead atoms. The van der Waals surface area contributed by atoms with Crippen LogP contribution < -0.4 is 27.2 Å². The van der Waals surface area contributed by atoms with Crippen molar-refractivity contribution in [2.75, 3.05) is 0 Å². The zero-order valence-electron chi connectivity index (χ0n) is 32.3. The second-order valence-corrected chi connectivity index (χ2v) is 14.9. The number of rotatable bonds is 6. The summed E-state index contributed by atoms with van der Waals surface area (Å²) in [5.41, 5.74) is -30.2. The first-order chi connectivity index (χ1) is 28.4. The van der Waals surface area contributed by atoms with Crippen molar-refractivity contribution in [2.24, 2.45) is 0 Å². The molecule has 1 nitrogen and oxygen atoms in total. The molecule has 64 heavy (non-hydrogen) atoms. The first-order valence-electron chi connectivity index (χ1n) is 17.6. The Bertz CT molecular complexity index is 1820. The molecule has 0 saturated heterocycles. The van der Waals surface area contributed by atoms with E-state index in [-0.39, 0.29) is 0 Å². The van der Waals surface area contributed by atoms with Crippen LogP contribution in [0.25, 0.3) is 0 Å². The minimum Gasteiger partial charge on any atom is -0.342 e. The normalized spacial score (nSPS) is 14.0. The van der Waals surface area contributed by atoms with Gasteiger partial charge in [0.25, 0.3) is 0 Å². The highest BCUT2D eigenvalue weighted by Gasteiger charge is 2.47. The SMILES string of the molecule is CC(C)[NH2+]C(C)C.FC(F)(F)c1cc([B-](c2cc(C(F)(F)F)cc(C(F)(F)F)c2)(c2cc(C(F)(F)F)cc(C(F)(F)F)c2)c2cc(C(F)(F)F)cc(C(F)(F)F)c2)cc(C(F)(F)F)c1. The van der Waals surface area contributed by atoms with Crippen LogP contribution in [0.5, 0.6) is 0 Å². The Morgan fingerprint density at radius 2 is 0.391 bits per heavy atom. The highest BCUT2D eigenvalue weighted by molar-refractivity contribution is 7.20. The summed E-state index contributed by atoms with van der Waals surface area (Å²) in [6.07, 6.45) is -54.8. The van der Waals surface area contributed by atoms with Gasteiger partial charge in [-0.2, -0.15) is 127 Å². The second kappa shape index (κ2) is 17.6. The van der Waals surface area contributed by atoms with Gasteiger partial charge >= 0.3 is 49.4 Å². The van der Waals surface area contributed by atoms with Gasteiger partial charge in [0.1, 0.15) is 6.15 Å². The highest BCUT2D eigenvalue weighted by Crippen LogP contribution is 2.41. The molecule has 0 amide bonds. The molecule has 0 aromatic heterocycles. The van der Waals surface area contributed by atoms with Crippen molar-refractivity contribution in [3.63, 3.8) is 0 Å². The largest absolute Gasteiger partial charge is 0.416 e. The molecule has 0 saturated carbocycles. The molecule has 0 spiro atoms. The molecular weight excluding hydrogens is 937 g/mol. The van der Waals surface area contributed by atoms with Gasteiger partial charge in [0.2, 0.25) is 0 Å². The summed E-state index contributed by atoms with van der Waals surface area (Å²) in [7, 11) is 0. The van der Waals surface area contributed by atoms with Crippen LogP contribution in [0.1, 0.15) is 72.2 Å². The molecule has 0 aliphatic heterocycles. The van der Waals surface area contributed by atoms with Gasteiger partial charge in [-0.05, 0) is 52.0 Å². The molecule has 4 aromatic rings. The Morgan fingerprint density at radius 3 is 0.469 bits per heavy atom. The Morgan fingerprint density at radius 1 is 0.266 bits per heavy atom. The maximum absolute atomic E-state index is 14.2. The fourth-order valence-corrected chi connectivity index (χ4v) is 6.84. The molecule has 4 aromatic carbocycles. The summed E-state index contributed by atoms with van der Waals surface area (Å²) < 4.78 is 341. The Balaban J connectivity index is 0.00000143. The maximum Gasteiger partial charge on any atom is 0.416 e. The van der Waals surface area contributed by atoms with Crippen molar-refractivity contribution >= 4 is 28.0 Å². The molecule has 0 heterocycles. The molecule has 0 unspecified atom stereocenters. The lowest BCUT2D eigenvalue weighted by atomic mass is 9.12. The van der Waals surface area contributed by atoms with Crippen LogP contribution in [0.4, 0.5) is 105 Å². The standard InChI is InChI=1S/C32H12BF24.C6H15N/c34-25(35,36)13-1-14(26(37,38)39)6-21(5-13)33(22-7-15(27(40,41)42)2-16(8-22)28(43,44)45,23-9-17(29(46,47)48)3-18(10-23)30(49,50)51)24-11-19(31(52,53)54)4-20(12-24)32(55,56)57;1-5(2)7-6(3)4/h1-12H;5-7H,1-4H3/q-1;/p+1. The zero-order chi connectivity index (χ0) is 49.8. The lowest BCUT2D eigenvalue weighted by Gasteiger charge is -2.46. The van der Waals surface area contributed by atoms with Gasteiger partial charge in [0, 0.05) is 0 Å². The van der Waals surface area contributed by atoms with Crippen molar-refractivity contribution in [3.8, 4) is 0 Å². The minimum absolute atomic E-state index is 0.691. The quantitative estimate of drug-likeness (QED) is 0.146. The molecule has 0 radical (unpaired) electrons. The third kappa shape index (κ3) is 12.7.